The average molecular weight is 564 g/mol. The number of nitrogens with zero attached hydrogens (tertiary/aromatic N) is 4. The molecular weight excluding hydrogens is 546 g/mol. The Balaban J connectivity index is 0.00000192. The maximum atomic E-state index is 11.5. The average Bonchev–Trinajstić information content (AvgIpc) is 3.15. The molecule has 1 aromatic carbocycles. The molecule has 138 valence electrons. The van der Waals surface area contributed by atoms with Gasteiger partial charge in [-0.1, -0.05) is 12.1 Å². The molecule has 2 aromatic heterocycles. The molecule has 0 amide bonds. The van der Waals surface area contributed by atoms with Crippen LogP contribution in [0.1, 0.15) is 17.2 Å². The molecule has 0 unspecified atom stereocenters. The standard InChI is InChI=1S/C16H18N4O2.2ClH.Pt/c1-19-10-8-17-14(19)16(21,15-18-9-11-20(15)2)12-4-6-13(22-3)7-5-12;;;/h4-11,21H,1-3H3;2*1H;/q;;;+2/p-2. The Morgan fingerprint density at radius 3 is 1.68 bits per heavy atom. The van der Waals surface area contributed by atoms with E-state index in [0.29, 0.717) is 17.2 Å². The van der Waals surface area contributed by atoms with Gasteiger partial charge in [0.1, 0.15) is 5.75 Å². The normalized spacial score (nSPS) is 10.2. The molecule has 0 saturated carbocycles. The van der Waals surface area contributed by atoms with Crippen molar-refractivity contribution in [3.8, 4) is 5.75 Å². The number of halogens is 2. The first-order valence-corrected chi connectivity index (χ1v) is 6.90. The number of hydrogen-bond acceptors (Lipinski definition) is 4. The van der Waals surface area contributed by atoms with E-state index in [1.165, 1.54) is 0 Å². The van der Waals surface area contributed by atoms with Crippen LogP contribution in [0.15, 0.2) is 49.1 Å². The van der Waals surface area contributed by atoms with Crippen LogP contribution in [0.2, 0.25) is 0 Å². The molecule has 9 heteroatoms. The van der Waals surface area contributed by atoms with E-state index in [1.807, 2.05) is 38.4 Å². The van der Waals surface area contributed by atoms with E-state index in [-0.39, 0.29) is 45.9 Å². The van der Waals surface area contributed by atoms with Crippen molar-refractivity contribution >= 4 is 0 Å². The summed E-state index contributed by atoms with van der Waals surface area (Å²) >= 11 is 0. The van der Waals surface area contributed by atoms with E-state index >= 15 is 0 Å². The van der Waals surface area contributed by atoms with Gasteiger partial charge < -0.3 is 43.8 Å². The van der Waals surface area contributed by atoms with Gasteiger partial charge in [0.25, 0.3) is 0 Å². The Labute approximate surface area is 173 Å². The van der Waals surface area contributed by atoms with Gasteiger partial charge in [0.05, 0.1) is 7.11 Å². The molecule has 0 bridgehead atoms. The molecule has 3 rings (SSSR count). The fourth-order valence-corrected chi connectivity index (χ4v) is 2.62. The van der Waals surface area contributed by atoms with Crippen LogP contribution in [0.4, 0.5) is 0 Å². The number of hydrogen-bond donors (Lipinski definition) is 1. The van der Waals surface area contributed by atoms with E-state index < -0.39 is 5.60 Å². The van der Waals surface area contributed by atoms with Gasteiger partial charge >= 0.3 is 21.1 Å². The van der Waals surface area contributed by atoms with Crippen molar-refractivity contribution in [3.05, 3.63) is 66.3 Å². The first-order valence-electron chi connectivity index (χ1n) is 6.90. The molecule has 3 aromatic rings. The van der Waals surface area contributed by atoms with Crippen LogP contribution in [0.5, 0.6) is 5.75 Å². The van der Waals surface area contributed by atoms with Crippen molar-refractivity contribution in [2.75, 3.05) is 7.11 Å². The third kappa shape index (κ3) is 4.09. The van der Waals surface area contributed by atoms with Gasteiger partial charge in [-0.05, 0) is 17.7 Å². The minimum atomic E-state index is -1.44. The Morgan fingerprint density at radius 1 is 0.920 bits per heavy atom. The third-order valence-corrected chi connectivity index (χ3v) is 3.80. The second-order valence-electron chi connectivity index (χ2n) is 5.16. The zero-order chi connectivity index (χ0) is 15.7. The molecular formula is C16H18Cl2N4O2Pt. The molecule has 0 atom stereocenters. The second-order valence-corrected chi connectivity index (χ2v) is 5.16. The number of ether oxygens (including phenoxy) is 1. The summed E-state index contributed by atoms with van der Waals surface area (Å²) in [5.41, 5.74) is -0.764. The maximum Gasteiger partial charge on any atom is 2.00 e. The molecule has 0 radical (unpaired) electrons. The summed E-state index contributed by atoms with van der Waals surface area (Å²) in [6.07, 6.45) is 6.92. The molecule has 2 heterocycles. The summed E-state index contributed by atoms with van der Waals surface area (Å²) in [5, 5.41) is 11.5. The number of rotatable bonds is 4. The number of aromatic nitrogens is 4. The minimum Gasteiger partial charge on any atom is -1.00 e. The third-order valence-electron chi connectivity index (χ3n) is 3.80. The van der Waals surface area contributed by atoms with Gasteiger partial charge in [-0.2, -0.15) is 0 Å². The van der Waals surface area contributed by atoms with Gasteiger partial charge in [-0.15, -0.1) is 0 Å². The number of imidazole rings is 2. The van der Waals surface area contributed by atoms with Crippen molar-refractivity contribution in [2.45, 2.75) is 5.60 Å². The van der Waals surface area contributed by atoms with Gasteiger partial charge in [-0.25, -0.2) is 9.97 Å². The first-order chi connectivity index (χ1) is 10.6. The molecule has 0 aliphatic carbocycles. The SMILES string of the molecule is COc1ccc(C(O)(c2nccn2C)c2nccn2C)cc1.[Cl-].[Cl-].[Pt+2]. The van der Waals surface area contributed by atoms with E-state index in [2.05, 4.69) is 9.97 Å². The quantitative estimate of drug-likeness (QED) is 0.347. The Morgan fingerprint density at radius 2 is 1.36 bits per heavy atom. The first kappa shape index (κ1) is 23.7. The summed E-state index contributed by atoms with van der Waals surface area (Å²) in [5.74, 6) is 1.74. The number of methoxy groups -OCH3 is 1. The van der Waals surface area contributed by atoms with Crippen molar-refractivity contribution in [1.82, 2.24) is 19.1 Å². The van der Waals surface area contributed by atoms with Crippen molar-refractivity contribution in [2.24, 2.45) is 14.1 Å². The van der Waals surface area contributed by atoms with Crippen molar-refractivity contribution < 1.29 is 55.7 Å². The smallest absolute Gasteiger partial charge is 1.00 e. The van der Waals surface area contributed by atoms with Crippen LogP contribution in [0.25, 0.3) is 0 Å². The van der Waals surface area contributed by atoms with E-state index in [0.717, 1.165) is 5.75 Å². The summed E-state index contributed by atoms with van der Waals surface area (Å²) in [7, 11) is 5.30. The van der Waals surface area contributed by atoms with Crippen LogP contribution in [0, 0.1) is 0 Å². The van der Waals surface area contributed by atoms with E-state index in [4.69, 9.17) is 4.74 Å². The zero-order valence-electron chi connectivity index (χ0n) is 13.8. The van der Waals surface area contributed by atoms with Crippen molar-refractivity contribution in [3.63, 3.8) is 0 Å². The largest absolute Gasteiger partial charge is 2.00 e. The summed E-state index contributed by atoms with van der Waals surface area (Å²) in [6.45, 7) is 0. The predicted octanol–water partition coefficient (Wildman–Crippen LogP) is -4.55. The van der Waals surface area contributed by atoms with Crippen LogP contribution < -0.4 is 29.6 Å². The van der Waals surface area contributed by atoms with E-state index in [1.54, 1.807) is 41.0 Å². The number of aryl methyl sites for hydroxylation is 2. The van der Waals surface area contributed by atoms with Crippen LogP contribution in [0.3, 0.4) is 0 Å². The zero-order valence-corrected chi connectivity index (χ0v) is 17.6. The van der Waals surface area contributed by atoms with Gasteiger partial charge in [0, 0.05) is 38.9 Å². The fourth-order valence-electron chi connectivity index (χ4n) is 2.62. The molecule has 0 fully saturated rings. The number of aliphatic hydroxyl groups is 1. The summed E-state index contributed by atoms with van der Waals surface area (Å²) in [6, 6.07) is 7.27. The Hall–Kier alpha value is -1.33. The monoisotopic (exact) mass is 563 g/mol. The van der Waals surface area contributed by atoms with Gasteiger partial charge in [-0.3, -0.25) is 0 Å². The Bertz CT molecular complexity index is 749. The molecule has 0 saturated heterocycles. The van der Waals surface area contributed by atoms with Crippen LogP contribution >= 0.6 is 0 Å². The fraction of sp³-hybridized carbons (Fsp3) is 0.250. The minimum absolute atomic E-state index is 0. The molecule has 0 spiro atoms. The maximum absolute atomic E-state index is 11.5. The second kappa shape index (κ2) is 9.39. The molecule has 25 heavy (non-hydrogen) atoms. The van der Waals surface area contributed by atoms with Crippen molar-refractivity contribution in [1.29, 1.82) is 0 Å². The molecule has 0 aliphatic rings. The summed E-state index contributed by atoms with van der Waals surface area (Å²) < 4.78 is 8.77. The Kier molecular flexibility index (Phi) is 8.89. The van der Waals surface area contributed by atoms with Crippen LogP contribution in [-0.4, -0.2) is 31.3 Å². The number of benzene rings is 1. The van der Waals surface area contributed by atoms with Gasteiger partial charge in [0.15, 0.2) is 11.6 Å². The topological polar surface area (TPSA) is 65.1 Å². The van der Waals surface area contributed by atoms with Gasteiger partial charge in [0.2, 0.25) is 5.60 Å². The molecule has 6 nitrogen and oxygen atoms in total. The molecule has 0 aliphatic heterocycles. The molecule has 1 N–H and O–H groups in total. The van der Waals surface area contributed by atoms with E-state index in [9.17, 15) is 5.11 Å². The van der Waals surface area contributed by atoms with Crippen LogP contribution in [-0.2, 0) is 40.8 Å². The predicted molar refractivity (Wildman–Crippen MR) is 81.5 cm³/mol. The summed E-state index contributed by atoms with van der Waals surface area (Å²) in [4.78, 5) is 8.66.